The summed E-state index contributed by atoms with van der Waals surface area (Å²) < 4.78 is 11.3. The van der Waals surface area contributed by atoms with E-state index in [4.69, 9.17) is 9.47 Å². The van der Waals surface area contributed by atoms with E-state index in [1.807, 2.05) is 0 Å². The Kier molecular flexibility index (Phi) is 14.5. The predicted molar refractivity (Wildman–Crippen MR) is 123 cm³/mol. The number of rotatable bonds is 11. The van der Waals surface area contributed by atoms with E-state index in [-0.39, 0.29) is 24.0 Å². The molecular formula is C20H41IN4O2. The van der Waals surface area contributed by atoms with Crippen LogP contribution in [0.3, 0.4) is 0 Å². The van der Waals surface area contributed by atoms with Gasteiger partial charge in [-0.05, 0) is 52.0 Å². The molecule has 2 saturated heterocycles. The maximum atomic E-state index is 5.70. The first-order valence-corrected chi connectivity index (χ1v) is 10.8. The van der Waals surface area contributed by atoms with E-state index in [9.17, 15) is 0 Å². The van der Waals surface area contributed by atoms with Crippen LogP contribution in [0.25, 0.3) is 0 Å². The monoisotopic (exact) mass is 496 g/mol. The second kappa shape index (κ2) is 15.8. The number of hydrogen-bond donors (Lipinski definition) is 2. The van der Waals surface area contributed by atoms with E-state index in [2.05, 4.69) is 34.4 Å². The summed E-state index contributed by atoms with van der Waals surface area (Å²) in [5.74, 6) is 0.927. The number of aliphatic imine (C=N–C) groups is 1. The van der Waals surface area contributed by atoms with Crippen LogP contribution < -0.4 is 10.6 Å². The van der Waals surface area contributed by atoms with E-state index in [0.29, 0.717) is 6.10 Å². The topological polar surface area (TPSA) is 58.1 Å². The first-order chi connectivity index (χ1) is 12.8. The Labute approximate surface area is 183 Å². The number of nitrogens with one attached hydrogen (secondary N) is 2. The Balaban J connectivity index is 0.00000364. The zero-order valence-corrected chi connectivity index (χ0v) is 19.7. The van der Waals surface area contributed by atoms with Crippen LogP contribution in [0.5, 0.6) is 0 Å². The average Bonchev–Trinajstić information content (AvgIpc) is 3.18. The zero-order valence-electron chi connectivity index (χ0n) is 17.4. The third-order valence-corrected chi connectivity index (χ3v) is 5.30. The molecule has 0 radical (unpaired) electrons. The molecule has 2 aliphatic rings. The van der Waals surface area contributed by atoms with Crippen LogP contribution in [-0.4, -0.2) is 75.5 Å². The van der Waals surface area contributed by atoms with Crippen molar-refractivity contribution < 1.29 is 9.47 Å². The molecule has 0 amide bonds. The molecule has 160 valence electrons. The summed E-state index contributed by atoms with van der Waals surface area (Å²) in [6.45, 7) is 11.8. The minimum atomic E-state index is 0. The molecule has 2 fully saturated rings. The van der Waals surface area contributed by atoms with Crippen molar-refractivity contribution in [1.29, 1.82) is 0 Å². The van der Waals surface area contributed by atoms with E-state index >= 15 is 0 Å². The minimum absolute atomic E-state index is 0. The van der Waals surface area contributed by atoms with Gasteiger partial charge in [-0.1, -0.05) is 13.3 Å². The van der Waals surface area contributed by atoms with Gasteiger partial charge in [0.15, 0.2) is 5.96 Å². The lowest BCUT2D eigenvalue weighted by molar-refractivity contribution is 0.0171. The Hall–Kier alpha value is -0.120. The van der Waals surface area contributed by atoms with Gasteiger partial charge in [0.05, 0.1) is 12.7 Å². The molecule has 27 heavy (non-hydrogen) atoms. The summed E-state index contributed by atoms with van der Waals surface area (Å²) in [5, 5.41) is 6.83. The van der Waals surface area contributed by atoms with Crippen LogP contribution in [0.15, 0.2) is 4.99 Å². The highest BCUT2D eigenvalue weighted by Crippen LogP contribution is 2.18. The minimum Gasteiger partial charge on any atom is -0.379 e. The van der Waals surface area contributed by atoms with E-state index in [1.165, 1.54) is 38.6 Å². The molecule has 0 aliphatic carbocycles. The van der Waals surface area contributed by atoms with E-state index in [0.717, 1.165) is 70.8 Å². The number of halogens is 1. The molecule has 2 heterocycles. The summed E-state index contributed by atoms with van der Waals surface area (Å²) in [6.07, 6.45) is 8.94. The van der Waals surface area contributed by atoms with E-state index in [1.54, 1.807) is 0 Å². The molecule has 0 bridgehead atoms. The number of guanidine groups is 1. The summed E-state index contributed by atoms with van der Waals surface area (Å²) >= 11 is 0. The first kappa shape index (κ1) is 24.9. The Morgan fingerprint density at radius 3 is 2.81 bits per heavy atom. The molecule has 6 nitrogen and oxygen atoms in total. The van der Waals surface area contributed by atoms with Crippen molar-refractivity contribution in [2.45, 2.75) is 70.9 Å². The van der Waals surface area contributed by atoms with Crippen molar-refractivity contribution in [2.75, 3.05) is 52.5 Å². The Bertz CT molecular complexity index is 392. The van der Waals surface area contributed by atoms with Gasteiger partial charge in [0.2, 0.25) is 0 Å². The molecule has 2 atom stereocenters. The molecule has 7 heteroatoms. The van der Waals surface area contributed by atoms with Crippen LogP contribution in [-0.2, 0) is 9.47 Å². The summed E-state index contributed by atoms with van der Waals surface area (Å²) in [7, 11) is 0. The third kappa shape index (κ3) is 10.3. The number of piperidine rings is 1. The molecule has 2 N–H and O–H groups in total. The third-order valence-electron chi connectivity index (χ3n) is 5.30. The van der Waals surface area contributed by atoms with Crippen molar-refractivity contribution in [1.82, 2.24) is 15.5 Å². The van der Waals surface area contributed by atoms with Gasteiger partial charge in [0, 0.05) is 45.4 Å². The fourth-order valence-corrected chi connectivity index (χ4v) is 3.82. The number of ether oxygens (including phenoxy) is 2. The second-order valence-electron chi connectivity index (χ2n) is 7.34. The molecule has 0 aromatic heterocycles. The van der Waals surface area contributed by atoms with E-state index < -0.39 is 0 Å². The van der Waals surface area contributed by atoms with Gasteiger partial charge in [-0.25, -0.2) is 0 Å². The average molecular weight is 496 g/mol. The Morgan fingerprint density at radius 1 is 1.19 bits per heavy atom. The maximum absolute atomic E-state index is 5.70. The summed E-state index contributed by atoms with van der Waals surface area (Å²) in [4.78, 5) is 7.31. The fraction of sp³-hybridized carbons (Fsp3) is 0.950. The molecular weight excluding hydrogens is 455 g/mol. The van der Waals surface area contributed by atoms with Crippen LogP contribution in [0, 0.1) is 0 Å². The fourth-order valence-electron chi connectivity index (χ4n) is 3.82. The summed E-state index contributed by atoms with van der Waals surface area (Å²) in [5.41, 5.74) is 0. The normalized spacial score (nSPS) is 23.9. The maximum Gasteiger partial charge on any atom is 0.191 e. The van der Waals surface area contributed by atoms with Gasteiger partial charge in [0.25, 0.3) is 0 Å². The SMILES string of the molecule is CCNC(=NCCCOCC1CCCO1)NCCN1CCCCC1CC.I. The molecule has 0 aromatic carbocycles. The lowest BCUT2D eigenvalue weighted by Gasteiger charge is -2.35. The Morgan fingerprint density at radius 2 is 2.07 bits per heavy atom. The zero-order chi connectivity index (χ0) is 18.5. The van der Waals surface area contributed by atoms with Gasteiger partial charge in [-0.2, -0.15) is 0 Å². The number of hydrogen-bond acceptors (Lipinski definition) is 4. The lowest BCUT2D eigenvalue weighted by atomic mass is 10.0. The largest absolute Gasteiger partial charge is 0.379 e. The van der Waals surface area contributed by atoms with Crippen LogP contribution in [0.2, 0.25) is 0 Å². The van der Waals surface area contributed by atoms with Crippen molar-refractivity contribution in [3.05, 3.63) is 0 Å². The van der Waals surface area contributed by atoms with Gasteiger partial charge < -0.3 is 20.1 Å². The highest BCUT2D eigenvalue weighted by molar-refractivity contribution is 14.0. The van der Waals surface area contributed by atoms with Crippen molar-refractivity contribution in [2.24, 2.45) is 4.99 Å². The van der Waals surface area contributed by atoms with Gasteiger partial charge in [-0.15, -0.1) is 24.0 Å². The molecule has 0 aromatic rings. The second-order valence-corrected chi connectivity index (χ2v) is 7.34. The number of nitrogens with zero attached hydrogens (tertiary/aromatic N) is 2. The van der Waals surface area contributed by atoms with Gasteiger partial charge >= 0.3 is 0 Å². The highest BCUT2D eigenvalue weighted by Gasteiger charge is 2.20. The highest BCUT2D eigenvalue weighted by atomic mass is 127. The van der Waals surface area contributed by atoms with Crippen LogP contribution >= 0.6 is 24.0 Å². The van der Waals surface area contributed by atoms with Crippen LogP contribution in [0.4, 0.5) is 0 Å². The molecule has 2 rings (SSSR count). The standard InChI is InChI=1S/C20H40N4O2.HI/c1-3-18-9-5-6-13-24(18)14-12-23-20(21-4-2)22-11-8-15-25-17-19-10-7-16-26-19;/h18-19H,3-17H2,1-2H3,(H2,21,22,23);1H. The van der Waals surface area contributed by atoms with Gasteiger partial charge in [-0.3, -0.25) is 9.89 Å². The summed E-state index contributed by atoms with van der Waals surface area (Å²) in [6, 6.07) is 0.770. The number of likely N-dealkylation sites (tertiary alicyclic amines) is 1. The molecule has 2 unspecified atom stereocenters. The van der Waals surface area contributed by atoms with Gasteiger partial charge in [0.1, 0.15) is 0 Å². The van der Waals surface area contributed by atoms with Crippen molar-refractivity contribution in [3.8, 4) is 0 Å². The lowest BCUT2D eigenvalue weighted by Crippen LogP contribution is -2.46. The quantitative estimate of drug-likeness (QED) is 0.199. The van der Waals surface area contributed by atoms with Crippen molar-refractivity contribution in [3.63, 3.8) is 0 Å². The molecule has 0 spiro atoms. The van der Waals surface area contributed by atoms with Crippen LogP contribution in [0.1, 0.15) is 58.8 Å². The smallest absolute Gasteiger partial charge is 0.191 e. The first-order valence-electron chi connectivity index (χ1n) is 10.8. The predicted octanol–water partition coefficient (Wildman–Crippen LogP) is 3.01. The molecule has 2 aliphatic heterocycles. The van der Waals surface area contributed by atoms with Crippen molar-refractivity contribution >= 4 is 29.9 Å². The molecule has 0 saturated carbocycles.